The van der Waals surface area contributed by atoms with Crippen molar-refractivity contribution in [2.45, 2.75) is 177 Å². The summed E-state index contributed by atoms with van der Waals surface area (Å²) in [6, 6.07) is 90.4. The number of aryl methyl sites for hydroxylation is 6. The largest absolute Gasteiger partial charge is 0.497 e. The van der Waals surface area contributed by atoms with Crippen LogP contribution in [-0.2, 0) is 73.3 Å². The molecule has 26 rings (SSSR count). The maximum atomic E-state index is 12.2. The molecule has 0 aliphatic carbocycles. The molecule has 15 nitrogen and oxygen atoms in total. The predicted molar refractivity (Wildman–Crippen MR) is 543 cm³/mol. The molecular weight excluding hydrogens is 1650 g/mol. The van der Waals surface area contributed by atoms with Gasteiger partial charge in [0, 0.05) is 77.3 Å². The molecule has 10 unspecified atom stereocenters. The number of fused-ring (bicyclic) bond motifs is 16. The number of benzene rings is 10. The van der Waals surface area contributed by atoms with Crippen LogP contribution < -0.4 is 4.74 Å². The Hall–Kier alpha value is -9.10. The summed E-state index contributed by atoms with van der Waals surface area (Å²) in [6.45, 7) is 21.3. The SMILES string of the molecule is COc1cccc(CC(O)(c2ccccc2C)C2CN3CCC2CC3)c1.Cc1nc2ccc(CCC(O)(c3ccccc3)C3CN4CCC3CC4)cc2s1.N#Cc1ccc(CCC(O)(c2ccccc2)C2CN3CCC2CC3)cc1.OCc1ccc(CCC(O)(c2ccccc2)C2CN3CCC2CC3)cc1.OCc1cccc(CCC(O)(c2ccccc2)C2CN3CCC2CC3)c1.[HH].[HH].[HH].[HH].[HH].[HH]. The van der Waals surface area contributed by atoms with Crippen LogP contribution in [0.3, 0.4) is 0 Å². The molecule has 11 aromatic rings. The summed E-state index contributed by atoms with van der Waals surface area (Å²) in [7, 11) is 1.69. The number of piperidine rings is 15. The molecule has 15 aliphatic rings. The van der Waals surface area contributed by atoms with Crippen molar-refractivity contribution < 1.29 is 49.0 Å². The first kappa shape index (κ1) is 94.7. The van der Waals surface area contributed by atoms with E-state index in [9.17, 15) is 35.7 Å². The van der Waals surface area contributed by atoms with Crippen molar-refractivity contribution in [1.29, 1.82) is 5.26 Å². The highest BCUT2D eigenvalue weighted by Crippen LogP contribution is 2.52. The molecule has 0 radical (unpaired) electrons. The van der Waals surface area contributed by atoms with Crippen LogP contribution >= 0.6 is 11.3 Å². The highest BCUT2D eigenvalue weighted by molar-refractivity contribution is 7.18. The fourth-order valence-electron chi connectivity index (χ4n) is 25.2. The molecule has 0 spiro atoms. The van der Waals surface area contributed by atoms with Crippen LogP contribution in [0.4, 0.5) is 0 Å². The zero-order valence-corrected chi connectivity index (χ0v) is 78.9. The van der Waals surface area contributed by atoms with E-state index in [1.807, 2.05) is 121 Å². The molecule has 0 amide bonds. The number of aliphatic hydroxyl groups excluding tert-OH is 2. The van der Waals surface area contributed by atoms with E-state index in [0.717, 1.165) is 145 Å². The Morgan fingerprint density at radius 3 is 1.05 bits per heavy atom. The second kappa shape index (κ2) is 43.3. The molecule has 16 heterocycles. The number of aliphatic hydroxyl groups is 7. The number of ether oxygens (including phenoxy) is 1. The van der Waals surface area contributed by atoms with E-state index in [-0.39, 0.29) is 27.7 Å². The Morgan fingerprint density at radius 1 is 0.356 bits per heavy atom. The Labute approximate surface area is 797 Å². The third kappa shape index (κ3) is 21.9. The van der Waals surface area contributed by atoms with E-state index >= 15 is 0 Å². The number of aromatic nitrogens is 1. The zero-order chi connectivity index (χ0) is 91.2. The predicted octanol–water partition coefficient (Wildman–Crippen LogP) is 20.4. The van der Waals surface area contributed by atoms with Gasteiger partial charge in [0.05, 0.1) is 75.2 Å². The minimum Gasteiger partial charge on any atom is -0.497 e. The normalized spacial score (nSPS) is 27.0. The number of methoxy groups -OCH3 is 1. The summed E-state index contributed by atoms with van der Waals surface area (Å²) < 4.78 is 6.65. The maximum absolute atomic E-state index is 12.2. The smallest absolute Gasteiger partial charge is 0.119 e. The molecule has 1 aromatic heterocycles. The molecular formula is C116H153N7O8S. The molecule has 706 valence electrons. The van der Waals surface area contributed by atoms with Gasteiger partial charge < -0.3 is 65.0 Å². The quantitative estimate of drug-likeness (QED) is 0.0256. The minimum absolute atomic E-state index is 0. The molecule has 15 saturated heterocycles. The second-order valence-electron chi connectivity index (χ2n) is 40.4. The topological polar surface area (TPSA) is 204 Å². The Kier molecular flexibility index (Phi) is 31.0. The van der Waals surface area contributed by atoms with Crippen molar-refractivity contribution in [3.05, 3.63) is 344 Å². The third-order valence-corrected chi connectivity index (χ3v) is 33.8. The standard InChI is InChI=1S/C24H28N2OS.C23H26N2O.3C23H29NO2.6H2/c1-17-25-22-8-7-18(15-23(22)28-17)9-12-24(27,20-5-3-2-4-6-20)21-16-26-13-10-19(21)11-14-26;24-16-19-8-6-18(7-9-19)10-13-23(26,21-4-2-1-3-5-21)22-17-25-14-11-20(22)12-15-25;1-17-6-3-4-9-21(17)23(25,15-18-7-5-8-20(14-18)26-2)22-16-24-12-10-19(22)11-13-24;25-17-19-6-4-5-18(15-19)9-12-23(26,21-7-2-1-3-8-21)22-16-24-13-10-20(22)11-14-24;25-17-19-8-6-18(7-9-19)10-13-23(26,21-4-2-1-3-5-21)22-16-24-14-11-20(22)12-15-24;;;;;;/h2-8,15,19,21,27H,9-14,16H2,1H3;1-9,20,22,26H,10-15,17H2;3-9,14,19,22,25H,10-13,15-16H2,1-2H3;1-8,15,20,22,25-26H,9-14,16-17H2;1-9,20,22,25-26H,10-17H2;6*1H. The van der Waals surface area contributed by atoms with E-state index in [1.54, 1.807) is 18.4 Å². The van der Waals surface area contributed by atoms with Crippen molar-refractivity contribution in [2.24, 2.45) is 59.2 Å². The van der Waals surface area contributed by atoms with Crippen LogP contribution in [0.2, 0.25) is 0 Å². The molecule has 15 aliphatic heterocycles. The van der Waals surface area contributed by atoms with Gasteiger partial charge in [-0.15, -0.1) is 11.3 Å². The fourth-order valence-corrected chi connectivity index (χ4v) is 26.1. The van der Waals surface area contributed by atoms with Gasteiger partial charge in [0.15, 0.2) is 0 Å². The van der Waals surface area contributed by atoms with E-state index in [2.05, 4.69) is 189 Å². The lowest BCUT2D eigenvalue weighted by molar-refractivity contribution is -0.106. The average Bonchev–Trinajstić information content (AvgIpc) is 0.822. The minimum atomic E-state index is -0.846. The summed E-state index contributed by atoms with van der Waals surface area (Å²) in [5, 5.41) is 88.7. The van der Waals surface area contributed by atoms with E-state index in [1.165, 1.54) is 162 Å². The number of hydrogen-bond acceptors (Lipinski definition) is 16. The third-order valence-electron chi connectivity index (χ3n) is 32.9. The van der Waals surface area contributed by atoms with Crippen molar-refractivity contribution in [3.8, 4) is 11.8 Å². The van der Waals surface area contributed by atoms with Crippen LogP contribution in [0, 0.1) is 84.4 Å². The molecule has 0 saturated carbocycles. The van der Waals surface area contributed by atoms with Crippen LogP contribution in [0.25, 0.3) is 10.2 Å². The van der Waals surface area contributed by atoms with Gasteiger partial charge in [0.25, 0.3) is 0 Å². The summed E-state index contributed by atoms with van der Waals surface area (Å²) in [4.78, 5) is 17.2. The first-order chi connectivity index (χ1) is 64.3. The van der Waals surface area contributed by atoms with Crippen LogP contribution in [0.15, 0.2) is 261 Å². The van der Waals surface area contributed by atoms with Crippen LogP contribution in [0.5, 0.6) is 5.75 Å². The lowest BCUT2D eigenvalue weighted by Gasteiger charge is -2.51. The summed E-state index contributed by atoms with van der Waals surface area (Å²) in [5.74, 6) is 5.47. The van der Waals surface area contributed by atoms with Gasteiger partial charge in [0.2, 0.25) is 0 Å². The summed E-state index contributed by atoms with van der Waals surface area (Å²) in [5.41, 5.74) is 12.2. The number of rotatable bonds is 27. The fraction of sp³-hybridized carbons (Fsp3) is 0.466. The lowest BCUT2D eigenvalue weighted by Crippen LogP contribution is -2.56. The van der Waals surface area contributed by atoms with Crippen molar-refractivity contribution in [2.75, 3.05) is 105 Å². The van der Waals surface area contributed by atoms with E-state index < -0.39 is 28.0 Å². The van der Waals surface area contributed by atoms with E-state index in [4.69, 9.17) is 10.00 Å². The lowest BCUT2D eigenvalue weighted by atomic mass is 9.65. The molecule has 10 atom stereocenters. The highest BCUT2D eigenvalue weighted by atomic mass is 32.1. The highest BCUT2D eigenvalue weighted by Gasteiger charge is 2.53. The van der Waals surface area contributed by atoms with Crippen molar-refractivity contribution in [1.82, 2.24) is 29.5 Å². The van der Waals surface area contributed by atoms with E-state index in [0.29, 0.717) is 65.2 Å². The summed E-state index contributed by atoms with van der Waals surface area (Å²) in [6.07, 6.45) is 19.1. The number of thiazole rings is 1. The van der Waals surface area contributed by atoms with Crippen LogP contribution in [-0.4, -0.2) is 171 Å². The van der Waals surface area contributed by atoms with Crippen LogP contribution in [0.1, 0.15) is 181 Å². The molecule has 7 N–H and O–H groups in total. The first-order valence-corrected chi connectivity index (χ1v) is 50.5. The van der Waals surface area contributed by atoms with Gasteiger partial charge in [-0.1, -0.05) is 224 Å². The Morgan fingerprint density at radius 2 is 0.682 bits per heavy atom. The zero-order valence-electron chi connectivity index (χ0n) is 78.1. The molecule has 10 bridgehead atoms. The number of nitrogens with zero attached hydrogens (tertiary/aromatic N) is 7. The van der Waals surface area contributed by atoms with Crippen molar-refractivity contribution >= 4 is 21.6 Å². The maximum Gasteiger partial charge on any atom is 0.119 e. The molecule has 15 fully saturated rings. The molecule has 132 heavy (non-hydrogen) atoms. The number of hydrogen-bond donors (Lipinski definition) is 7. The first-order valence-electron chi connectivity index (χ1n) is 49.7. The Bertz CT molecular complexity index is 5550. The van der Waals surface area contributed by atoms with Gasteiger partial charge in [-0.25, -0.2) is 4.98 Å². The second-order valence-corrected chi connectivity index (χ2v) is 41.7. The summed E-state index contributed by atoms with van der Waals surface area (Å²) >= 11 is 1.75. The van der Waals surface area contributed by atoms with Gasteiger partial charge in [-0.05, 0) is 333 Å². The van der Waals surface area contributed by atoms with Gasteiger partial charge in [-0.3, -0.25) is 0 Å². The average molecular weight is 1810 g/mol. The monoisotopic (exact) mass is 1800 g/mol. The Balaban J connectivity index is 0.000000164. The van der Waals surface area contributed by atoms with Crippen molar-refractivity contribution in [3.63, 3.8) is 0 Å². The van der Waals surface area contributed by atoms with Gasteiger partial charge in [0.1, 0.15) is 5.75 Å². The molecule has 16 heteroatoms. The van der Waals surface area contributed by atoms with Gasteiger partial charge in [-0.2, -0.15) is 5.26 Å². The molecule has 10 aromatic carbocycles. The number of nitriles is 1. The van der Waals surface area contributed by atoms with Gasteiger partial charge >= 0.3 is 0 Å².